The Bertz CT molecular complexity index is 2070. The summed E-state index contributed by atoms with van der Waals surface area (Å²) >= 11 is 0. The Balaban J connectivity index is 1.57. The van der Waals surface area contributed by atoms with Crippen molar-refractivity contribution < 1.29 is 10.2 Å². The van der Waals surface area contributed by atoms with Crippen LogP contribution in [0.1, 0.15) is 5.56 Å². The number of nitrogens with zero attached hydrogens (tertiary/aromatic N) is 1. The van der Waals surface area contributed by atoms with Crippen molar-refractivity contribution in [3.8, 4) is 22.6 Å². The van der Waals surface area contributed by atoms with E-state index in [2.05, 4.69) is 127 Å². The van der Waals surface area contributed by atoms with E-state index in [1.54, 1.807) is 18.3 Å². The van der Waals surface area contributed by atoms with E-state index in [9.17, 15) is 10.2 Å². The monoisotopic (exact) mass is 573 g/mol. The molecule has 0 atom stereocenters. The quantitative estimate of drug-likeness (QED) is 0.119. The highest BCUT2D eigenvalue weighted by atomic mass is 31.1. The van der Waals surface area contributed by atoms with Crippen molar-refractivity contribution in [1.82, 2.24) is 0 Å². The summed E-state index contributed by atoms with van der Waals surface area (Å²) in [6, 6.07) is 52.0. The fourth-order valence-electron chi connectivity index (χ4n) is 5.71. The lowest BCUT2D eigenvalue weighted by molar-refractivity contribution is 0.403. The van der Waals surface area contributed by atoms with Crippen LogP contribution in [-0.2, 0) is 0 Å². The van der Waals surface area contributed by atoms with Gasteiger partial charge in [-0.1, -0.05) is 133 Å². The third kappa shape index (κ3) is 5.05. The van der Waals surface area contributed by atoms with Gasteiger partial charge in [0.25, 0.3) is 0 Å². The topological polar surface area (TPSA) is 52.8 Å². The first-order valence-corrected chi connectivity index (χ1v) is 15.5. The predicted octanol–water partition coefficient (Wildman–Crippen LogP) is 8.58. The van der Waals surface area contributed by atoms with Crippen molar-refractivity contribution in [2.45, 2.75) is 0 Å². The minimum Gasteiger partial charge on any atom is -0.504 e. The lowest BCUT2D eigenvalue weighted by Crippen LogP contribution is -2.22. The number of aliphatic imine (C=N–C) groups is 1. The van der Waals surface area contributed by atoms with Gasteiger partial charge in [0.2, 0.25) is 0 Å². The minimum absolute atomic E-state index is 0.171. The molecule has 2 N–H and O–H groups in total. The van der Waals surface area contributed by atoms with E-state index in [-0.39, 0.29) is 11.5 Å². The van der Waals surface area contributed by atoms with Crippen molar-refractivity contribution >= 4 is 57.3 Å². The molecule has 0 heterocycles. The number of para-hydroxylation sites is 1. The van der Waals surface area contributed by atoms with E-state index >= 15 is 0 Å². The standard InChI is InChI=1S/C39H28NO2P/c41-35-21-11-14-29(39(35)42)26-40-34-24-22-27-12-7-9-19-32(27)37(34)38-33-20-10-8-13-28(33)23-25-36(38)43(30-15-3-1-4-16-30)31-17-5-2-6-18-31/h1-26,41-42H. The smallest absolute Gasteiger partial charge is 0.166 e. The highest BCUT2D eigenvalue weighted by Gasteiger charge is 2.24. The van der Waals surface area contributed by atoms with E-state index < -0.39 is 7.92 Å². The van der Waals surface area contributed by atoms with Crippen molar-refractivity contribution in [3.63, 3.8) is 0 Å². The molecule has 0 spiro atoms. The molecule has 43 heavy (non-hydrogen) atoms. The molecular formula is C39H28NO2P. The van der Waals surface area contributed by atoms with E-state index in [1.165, 1.54) is 22.0 Å². The second-order valence-corrected chi connectivity index (χ2v) is 12.5. The Morgan fingerprint density at radius 3 is 1.70 bits per heavy atom. The number of phenols is 2. The maximum atomic E-state index is 10.5. The summed E-state index contributed by atoms with van der Waals surface area (Å²) in [6.45, 7) is 0. The third-order valence-corrected chi connectivity index (χ3v) is 10.2. The molecule has 0 aromatic heterocycles. The van der Waals surface area contributed by atoms with E-state index in [0.29, 0.717) is 5.56 Å². The van der Waals surface area contributed by atoms with Gasteiger partial charge in [-0.3, -0.25) is 4.99 Å². The predicted molar refractivity (Wildman–Crippen MR) is 183 cm³/mol. The molecule has 206 valence electrons. The molecule has 0 bridgehead atoms. The van der Waals surface area contributed by atoms with Crippen molar-refractivity contribution in [2.24, 2.45) is 4.99 Å². The molecule has 0 unspecified atom stereocenters. The van der Waals surface area contributed by atoms with Gasteiger partial charge in [0.05, 0.1) is 5.69 Å². The van der Waals surface area contributed by atoms with Gasteiger partial charge >= 0.3 is 0 Å². The Morgan fingerprint density at radius 1 is 0.488 bits per heavy atom. The van der Waals surface area contributed by atoms with Crippen LogP contribution in [0.15, 0.2) is 157 Å². The molecule has 0 aliphatic rings. The molecule has 7 aromatic rings. The first-order chi connectivity index (χ1) is 21.2. The molecule has 0 fully saturated rings. The summed E-state index contributed by atoms with van der Waals surface area (Å²) in [6.07, 6.45) is 1.63. The Labute approximate surface area is 251 Å². The normalized spacial score (nSPS) is 11.6. The molecule has 0 radical (unpaired) electrons. The molecule has 4 heteroatoms. The first-order valence-electron chi connectivity index (χ1n) is 14.2. The highest BCUT2D eigenvalue weighted by Crippen LogP contribution is 2.45. The second kappa shape index (κ2) is 11.6. The molecular weight excluding hydrogens is 545 g/mol. The number of aromatic hydroxyl groups is 2. The number of phenolic OH excluding ortho intramolecular Hbond substituents is 2. The molecule has 0 saturated carbocycles. The van der Waals surface area contributed by atoms with Crippen LogP contribution in [0.5, 0.6) is 11.5 Å². The van der Waals surface area contributed by atoms with E-state index in [0.717, 1.165) is 38.4 Å². The van der Waals surface area contributed by atoms with Gasteiger partial charge in [-0.25, -0.2) is 0 Å². The molecule has 7 rings (SSSR count). The lowest BCUT2D eigenvalue weighted by Gasteiger charge is -2.25. The van der Waals surface area contributed by atoms with Crippen LogP contribution >= 0.6 is 7.92 Å². The maximum Gasteiger partial charge on any atom is 0.166 e. The van der Waals surface area contributed by atoms with Gasteiger partial charge < -0.3 is 10.2 Å². The van der Waals surface area contributed by atoms with Crippen molar-refractivity contribution in [3.05, 3.63) is 157 Å². The van der Waals surface area contributed by atoms with Crippen LogP contribution in [0.2, 0.25) is 0 Å². The van der Waals surface area contributed by atoms with E-state index in [4.69, 9.17) is 4.99 Å². The maximum absolute atomic E-state index is 10.5. The van der Waals surface area contributed by atoms with Crippen LogP contribution in [0.25, 0.3) is 32.7 Å². The summed E-state index contributed by atoms with van der Waals surface area (Å²) in [5.41, 5.74) is 3.43. The van der Waals surface area contributed by atoms with Gasteiger partial charge in [0, 0.05) is 22.9 Å². The highest BCUT2D eigenvalue weighted by molar-refractivity contribution is 7.80. The number of hydrogen-bond donors (Lipinski definition) is 2. The summed E-state index contributed by atoms with van der Waals surface area (Å²) < 4.78 is 0. The summed E-state index contributed by atoms with van der Waals surface area (Å²) in [7, 11) is -0.919. The van der Waals surface area contributed by atoms with Crippen LogP contribution < -0.4 is 15.9 Å². The zero-order chi connectivity index (χ0) is 29.2. The Kier molecular flexibility index (Phi) is 7.17. The molecule has 0 saturated heterocycles. The van der Waals surface area contributed by atoms with Crippen molar-refractivity contribution in [1.29, 1.82) is 0 Å². The number of rotatable bonds is 6. The van der Waals surface area contributed by atoms with Crippen LogP contribution in [0, 0.1) is 0 Å². The molecule has 0 aliphatic heterocycles. The third-order valence-electron chi connectivity index (χ3n) is 7.72. The minimum atomic E-state index is -0.919. The van der Waals surface area contributed by atoms with Crippen LogP contribution in [0.4, 0.5) is 5.69 Å². The second-order valence-electron chi connectivity index (χ2n) is 10.3. The molecule has 0 aliphatic carbocycles. The van der Waals surface area contributed by atoms with E-state index in [1.807, 2.05) is 6.07 Å². The fraction of sp³-hybridized carbons (Fsp3) is 0. The average molecular weight is 574 g/mol. The lowest BCUT2D eigenvalue weighted by atomic mass is 9.92. The van der Waals surface area contributed by atoms with Gasteiger partial charge in [-0.15, -0.1) is 0 Å². The Morgan fingerprint density at radius 2 is 1.05 bits per heavy atom. The zero-order valence-electron chi connectivity index (χ0n) is 23.3. The fourth-order valence-corrected chi connectivity index (χ4v) is 8.19. The van der Waals surface area contributed by atoms with Gasteiger partial charge in [-0.05, 0) is 63.6 Å². The SMILES string of the molecule is Oc1cccc(C=Nc2ccc3ccccc3c2-c2c(P(c3ccccc3)c3ccccc3)ccc3ccccc23)c1O. The van der Waals surface area contributed by atoms with Gasteiger partial charge in [0.15, 0.2) is 11.5 Å². The Hall–Kier alpha value is -5.24. The number of benzene rings is 7. The van der Waals surface area contributed by atoms with Crippen molar-refractivity contribution in [2.75, 3.05) is 0 Å². The number of hydrogen-bond acceptors (Lipinski definition) is 3. The zero-order valence-corrected chi connectivity index (χ0v) is 24.2. The number of fused-ring (bicyclic) bond motifs is 2. The average Bonchev–Trinajstić information content (AvgIpc) is 3.06. The summed E-state index contributed by atoms with van der Waals surface area (Å²) in [5, 5.41) is 28.9. The molecule has 7 aromatic carbocycles. The van der Waals surface area contributed by atoms with Crippen LogP contribution in [0.3, 0.4) is 0 Å². The molecule has 0 amide bonds. The van der Waals surface area contributed by atoms with Gasteiger partial charge in [-0.2, -0.15) is 0 Å². The largest absolute Gasteiger partial charge is 0.504 e. The van der Waals surface area contributed by atoms with Crippen LogP contribution in [-0.4, -0.2) is 16.4 Å². The summed E-state index contributed by atoms with van der Waals surface area (Å²) in [4.78, 5) is 4.97. The summed E-state index contributed by atoms with van der Waals surface area (Å²) in [5.74, 6) is -0.355. The first kappa shape index (κ1) is 26.6. The molecule has 3 nitrogen and oxygen atoms in total. The van der Waals surface area contributed by atoms with Gasteiger partial charge in [0.1, 0.15) is 0 Å².